The van der Waals surface area contributed by atoms with E-state index in [0.717, 1.165) is 37.7 Å². The number of oxazole rings is 1. The molecule has 2 aliphatic rings. The Balaban J connectivity index is 1.33. The Morgan fingerprint density at radius 1 is 1.08 bits per heavy atom. The molecule has 1 aromatic carbocycles. The molecule has 1 saturated heterocycles. The van der Waals surface area contributed by atoms with E-state index in [1.807, 2.05) is 23.1 Å². The number of aromatic nitrogens is 1. The van der Waals surface area contributed by atoms with Crippen LogP contribution in [0.3, 0.4) is 0 Å². The molecule has 2 aromatic rings. The average molecular weight is 343 g/mol. The number of nitrogens with zero attached hydrogens (tertiary/aromatic N) is 3. The summed E-state index contributed by atoms with van der Waals surface area (Å²) >= 11 is 0. The van der Waals surface area contributed by atoms with Gasteiger partial charge in [-0.25, -0.2) is 4.79 Å². The largest absolute Gasteiger partial charge is 0.419 e. The first-order valence-electron chi connectivity index (χ1n) is 9.32. The van der Waals surface area contributed by atoms with E-state index in [1.54, 1.807) is 10.6 Å². The van der Waals surface area contributed by atoms with E-state index in [0.29, 0.717) is 18.5 Å². The third kappa shape index (κ3) is 3.35. The lowest BCUT2D eigenvalue weighted by Crippen LogP contribution is -2.51. The summed E-state index contributed by atoms with van der Waals surface area (Å²) in [6.07, 6.45) is 5.65. The average Bonchev–Trinajstić information content (AvgIpc) is 3.27. The molecule has 2 fully saturated rings. The lowest BCUT2D eigenvalue weighted by molar-refractivity contribution is -0.133. The normalized spacial score (nSPS) is 19.8. The Bertz CT molecular complexity index is 796. The molecular formula is C19H25N3O3. The molecule has 6 heteroatoms. The number of piperazine rings is 1. The van der Waals surface area contributed by atoms with Gasteiger partial charge in [-0.15, -0.1) is 0 Å². The van der Waals surface area contributed by atoms with E-state index in [-0.39, 0.29) is 11.7 Å². The van der Waals surface area contributed by atoms with E-state index in [1.165, 1.54) is 25.7 Å². The molecule has 1 aromatic heterocycles. The molecule has 0 radical (unpaired) electrons. The minimum absolute atomic E-state index is 0.128. The second kappa shape index (κ2) is 7.04. The molecule has 1 aliphatic carbocycles. The molecule has 1 amide bonds. The van der Waals surface area contributed by atoms with E-state index in [9.17, 15) is 9.59 Å². The van der Waals surface area contributed by atoms with Crippen LogP contribution in [0.5, 0.6) is 0 Å². The van der Waals surface area contributed by atoms with Crippen molar-refractivity contribution in [2.45, 2.75) is 44.7 Å². The summed E-state index contributed by atoms with van der Waals surface area (Å²) < 4.78 is 6.78. The van der Waals surface area contributed by atoms with Gasteiger partial charge in [0.2, 0.25) is 5.91 Å². The third-order valence-corrected chi connectivity index (χ3v) is 5.63. The van der Waals surface area contributed by atoms with Gasteiger partial charge in [0.05, 0.1) is 5.52 Å². The molecule has 1 saturated carbocycles. The minimum Gasteiger partial charge on any atom is -0.408 e. The van der Waals surface area contributed by atoms with Crippen LogP contribution in [0.25, 0.3) is 11.1 Å². The monoisotopic (exact) mass is 343 g/mol. The van der Waals surface area contributed by atoms with Crippen molar-refractivity contribution in [3.8, 4) is 0 Å². The number of rotatable bonds is 4. The predicted molar refractivity (Wildman–Crippen MR) is 95.5 cm³/mol. The van der Waals surface area contributed by atoms with Crippen LogP contribution in [0, 0.1) is 0 Å². The first-order valence-corrected chi connectivity index (χ1v) is 9.32. The zero-order valence-electron chi connectivity index (χ0n) is 14.5. The number of hydrogen-bond donors (Lipinski definition) is 0. The Morgan fingerprint density at radius 3 is 2.56 bits per heavy atom. The van der Waals surface area contributed by atoms with Gasteiger partial charge in [-0.3, -0.25) is 14.3 Å². The van der Waals surface area contributed by atoms with Crippen LogP contribution in [0.4, 0.5) is 0 Å². The molecular weight excluding hydrogens is 318 g/mol. The molecule has 25 heavy (non-hydrogen) atoms. The first-order chi connectivity index (χ1) is 12.2. The van der Waals surface area contributed by atoms with Crippen LogP contribution in [-0.2, 0) is 11.3 Å². The van der Waals surface area contributed by atoms with E-state index >= 15 is 0 Å². The van der Waals surface area contributed by atoms with Gasteiger partial charge in [-0.1, -0.05) is 25.0 Å². The number of carbonyl (C=O) groups is 1. The maximum absolute atomic E-state index is 12.5. The van der Waals surface area contributed by atoms with Gasteiger partial charge in [0.15, 0.2) is 5.58 Å². The number of fused-ring (bicyclic) bond motifs is 1. The smallest absolute Gasteiger partial charge is 0.408 e. The van der Waals surface area contributed by atoms with Gasteiger partial charge in [0.1, 0.15) is 0 Å². The number of amides is 1. The minimum atomic E-state index is -0.389. The summed E-state index contributed by atoms with van der Waals surface area (Å²) in [5, 5.41) is 0. The summed E-state index contributed by atoms with van der Waals surface area (Å²) in [7, 11) is 0. The van der Waals surface area contributed by atoms with E-state index < -0.39 is 0 Å². The zero-order valence-corrected chi connectivity index (χ0v) is 14.5. The topological polar surface area (TPSA) is 58.7 Å². The van der Waals surface area contributed by atoms with Gasteiger partial charge in [0.25, 0.3) is 0 Å². The third-order valence-electron chi connectivity index (χ3n) is 5.63. The fourth-order valence-electron chi connectivity index (χ4n) is 4.20. The van der Waals surface area contributed by atoms with Crippen LogP contribution in [0.1, 0.15) is 32.1 Å². The van der Waals surface area contributed by atoms with Crippen molar-refractivity contribution in [3.05, 3.63) is 34.8 Å². The van der Waals surface area contributed by atoms with Crippen LogP contribution in [-0.4, -0.2) is 52.5 Å². The lowest BCUT2D eigenvalue weighted by Gasteiger charge is -2.38. The fourth-order valence-corrected chi connectivity index (χ4v) is 4.20. The summed E-state index contributed by atoms with van der Waals surface area (Å²) in [6, 6.07) is 8.07. The van der Waals surface area contributed by atoms with Crippen LogP contribution >= 0.6 is 0 Å². The number of carbonyl (C=O) groups excluding carboxylic acids is 1. The van der Waals surface area contributed by atoms with Crippen LogP contribution in [0.2, 0.25) is 0 Å². The quantitative estimate of drug-likeness (QED) is 0.853. The number of para-hydroxylation sites is 2. The van der Waals surface area contributed by atoms with Crippen molar-refractivity contribution < 1.29 is 9.21 Å². The highest BCUT2D eigenvalue weighted by Gasteiger charge is 2.27. The molecule has 6 nitrogen and oxygen atoms in total. The second-order valence-corrected chi connectivity index (χ2v) is 7.09. The Kier molecular flexibility index (Phi) is 4.61. The fraction of sp³-hybridized carbons (Fsp3) is 0.579. The molecule has 4 rings (SSSR count). The van der Waals surface area contributed by atoms with Crippen molar-refractivity contribution in [3.63, 3.8) is 0 Å². The SMILES string of the molecule is O=C(CCn1c(=O)oc2ccccc21)N1CCN(C2CCCC2)CC1. The molecule has 0 N–H and O–H groups in total. The van der Waals surface area contributed by atoms with Gasteiger partial charge < -0.3 is 9.32 Å². The maximum atomic E-state index is 12.5. The summed E-state index contributed by atoms with van der Waals surface area (Å²) in [5.74, 6) is -0.261. The van der Waals surface area contributed by atoms with Gasteiger partial charge in [-0.05, 0) is 25.0 Å². The van der Waals surface area contributed by atoms with E-state index in [4.69, 9.17) is 4.42 Å². The van der Waals surface area contributed by atoms with Crippen LogP contribution in [0.15, 0.2) is 33.5 Å². The molecule has 0 unspecified atom stereocenters. The van der Waals surface area contributed by atoms with Crippen molar-refractivity contribution in [1.29, 1.82) is 0 Å². The number of aryl methyl sites for hydroxylation is 1. The zero-order chi connectivity index (χ0) is 17.2. The van der Waals surface area contributed by atoms with Crippen molar-refractivity contribution >= 4 is 17.0 Å². The highest BCUT2D eigenvalue weighted by molar-refractivity contribution is 5.77. The number of benzene rings is 1. The summed E-state index contributed by atoms with van der Waals surface area (Å²) in [4.78, 5) is 29.0. The highest BCUT2D eigenvalue weighted by atomic mass is 16.4. The van der Waals surface area contributed by atoms with Gasteiger partial charge in [0, 0.05) is 45.2 Å². The Morgan fingerprint density at radius 2 is 1.80 bits per heavy atom. The highest BCUT2D eigenvalue weighted by Crippen LogP contribution is 2.24. The number of hydrogen-bond acceptors (Lipinski definition) is 4. The molecule has 0 bridgehead atoms. The van der Waals surface area contributed by atoms with Crippen molar-refractivity contribution in [2.75, 3.05) is 26.2 Å². The molecule has 0 atom stereocenters. The molecule has 2 heterocycles. The van der Waals surface area contributed by atoms with Crippen molar-refractivity contribution in [1.82, 2.24) is 14.4 Å². The standard InChI is InChI=1S/C19H25N3O3/c23-18(21-13-11-20(12-14-21)15-5-1-2-6-15)9-10-22-16-7-3-4-8-17(16)25-19(22)24/h3-4,7-8,15H,1-2,5-6,9-14H2. The Hall–Kier alpha value is -2.08. The predicted octanol–water partition coefficient (Wildman–Crippen LogP) is 2.07. The summed E-state index contributed by atoms with van der Waals surface area (Å²) in [5.41, 5.74) is 1.33. The molecule has 134 valence electrons. The molecule has 1 aliphatic heterocycles. The van der Waals surface area contributed by atoms with Gasteiger partial charge in [-0.2, -0.15) is 0 Å². The molecule has 0 spiro atoms. The van der Waals surface area contributed by atoms with Crippen molar-refractivity contribution in [2.24, 2.45) is 0 Å². The van der Waals surface area contributed by atoms with Crippen LogP contribution < -0.4 is 5.76 Å². The Labute approximate surface area is 147 Å². The van der Waals surface area contributed by atoms with Gasteiger partial charge >= 0.3 is 5.76 Å². The second-order valence-electron chi connectivity index (χ2n) is 7.09. The summed E-state index contributed by atoms with van der Waals surface area (Å²) in [6.45, 7) is 3.93. The lowest BCUT2D eigenvalue weighted by atomic mass is 10.1. The maximum Gasteiger partial charge on any atom is 0.419 e. The first kappa shape index (κ1) is 16.4. The van der Waals surface area contributed by atoms with E-state index in [2.05, 4.69) is 4.90 Å².